The summed E-state index contributed by atoms with van der Waals surface area (Å²) in [6.07, 6.45) is 3.05. The smallest absolute Gasteiger partial charge is 0.251 e. The van der Waals surface area contributed by atoms with Gasteiger partial charge in [-0.25, -0.2) is 0 Å². The molecule has 1 atom stereocenters. The van der Waals surface area contributed by atoms with E-state index in [1.807, 2.05) is 53.6 Å². The van der Waals surface area contributed by atoms with Gasteiger partial charge in [0.15, 0.2) is 0 Å². The number of benzene rings is 2. The average molecular weight is 347 g/mol. The quantitative estimate of drug-likeness (QED) is 0.745. The number of aromatic nitrogens is 1. The van der Waals surface area contributed by atoms with Crippen LogP contribution in [-0.4, -0.2) is 40.8 Å². The SMILES string of the molecule is O=C(N[C@@H]1CC(=O)N(CCc2ccccc2)C1)c1ccc2cc[nH]c2c1. The summed E-state index contributed by atoms with van der Waals surface area (Å²) in [7, 11) is 0. The Morgan fingerprint density at radius 2 is 2.00 bits per heavy atom. The van der Waals surface area contributed by atoms with Crippen molar-refractivity contribution >= 4 is 22.7 Å². The second-order valence-corrected chi connectivity index (χ2v) is 6.73. The molecule has 132 valence electrons. The molecule has 0 saturated carbocycles. The summed E-state index contributed by atoms with van der Waals surface area (Å²) in [6, 6.07) is 17.5. The lowest BCUT2D eigenvalue weighted by molar-refractivity contribution is -0.127. The molecule has 1 saturated heterocycles. The summed E-state index contributed by atoms with van der Waals surface area (Å²) < 4.78 is 0. The van der Waals surface area contributed by atoms with Gasteiger partial charge in [-0.3, -0.25) is 9.59 Å². The maximum Gasteiger partial charge on any atom is 0.251 e. The molecule has 1 fully saturated rings. The number of nitrogens with zero attached hydrogens (tertiary/aromatic N) is 1. The van der Waals surface area contributed by atoms with Gasteiger partial charge in [-0.1, -0.05) is 36.4 Å². The number of fused-ring (bicyclic) bond motifs is 1. The van der Waals surface area contributed by atoms with Crippen LogP contribution < -0.4 is 5.32 Å². The van der Waals surface area contributed by atoms with Crippen LogP contribution in [-0.2, 0) is 11.2 Å². The minimum Gasteiger partial charge on any atom is -0.361 e. The first-order valence-electron chi connectivity index (χ1n) is 8.89. The first-order valence-corrected chi connectivity index (χ1v) is 8.89. The third kappa shape index (κ3) is 3.47. The highest BCUT2D eigenvalue weighted by Crippen LogP contribution is 2.16. The molecular formula is C21H21N3O2. The summed E-state index contributed by atoms with van der Waals surface area (Å²) in [5.74, 6) is -0.0322. The van der Waals surface area contributed by atoms with Crippen molar-refractivity contribution in [3.63, 3.8) is 0 Å². The Balaban J connectivity index is 1.35. The molecule has 0 bridgehead atoms. The van der Waals surface area contributed by atoms with Gasteiger partial charge < -0.3 is 15.2 Å². The number of aromatic amines is 1. The van der Waals surface area contributed by atoms with Crippen molar-refractivity contribution in [2.75, 3.05) is 13.1 Å². The van der Waals surface area contributed by atoms with E-state index in [2.05, 4.69) is 22.4 Å². The highest BCUT2D eigenvalue weighted by molar-refractivity contribution is 5.98. The van der Waals surface area contributed by atoms with E-state index in [4.69, 9.17) is 0 Å². The Hall–Kier alpha value is -3.08. The lowest BCUT2D eigenvalue weighted by Crippen LogP contribution is -2.37. The van der Waals surface area contributed by atoms with Gasteiger partial charge in [0, 0.05) is 36.8 Å². The maximum absolute atomic E-state index is 12.5. The molecule has 1 aliphatic heterocycles. The molecule has 0 aliphatic carbocycles. The number of hydrogen-bond donors (Lipinski definition) is 2. The number of carbonyl (C=O) groups excluding carboxylic acids is 2. The Morgan fingerprint density at radius 3 is 2.85 bits per heavy atom. The van der Waals surface area contributed by atoms with Crippen LogP contribution >= 0.6 is 0 Å². The van der Waals surface area contributed by atoms with E-state index in [1.165, 1.54) is 5.56 Å². The lowest BCUT2D eigenvalue weighted by atomic mass is 10.1. The van der Waals surface area contributed by atoms with E-state index in [9.17, 15) is 9.59 Å². The van der Waals surface area contributed by atoms with Crippen molar-refractivity contribution in [3.05, 3.63) is 71.9 Å². The lowest BCUT2D eigenvalue weighted by Gasteiger charge is -2.17. The molecule has 1 aromatic heterocycles. The highest BCUT2D eigenvalue weighted by atomic mass is 16.2. The second-order valence-electron chi connectivity index (χ2n) is 6.73. The molecule has 1 aliphatic rings. The fraction of sp³-hybridized carbons (Fsp3) is 0.238. The van der Waals surface area contributed by atoms with E-state index in [0.29, 0.717) is 25.1 Å². The Labute approximate surface area is 152 Å². The van der Waals surface area contributed by atoms with Gasteiger partial charge in [-0.2, -0.15) is 0 Å². The third-order valence-corrected chi connectivity index (χ3v) is 4.88. The van der Waals surface area contributed by atoms with Crippen LogP contribution in [0.5, 0.6) is 0 Å². The Bertz CT molecular complexity index is 933. The number of amides is 2. The number of nitrogens with one attached hydrogen (secondary N) is 2. The minimum absolute atomic E-state index is 0.103. The van der Waals surface area contributed by atoms with Gasteiger partial charge in [-0.05, 0) is 35.6 Å². The topological polar surface area (TPSA) is 65.2 Å². The van der Waals surface area contributed by atoms with Crippen molar-refractivity contribution in [1.82, 2.24) is 15.2 Å². The van der Waals surface area contributed by atoms with Gasteiger partial charge in [0.2, 0.25) is 5.91 Å². The summed E-state index contributed by atoms with van der Waals surface area (Å²) in [5.41, 5.74) is 2.76. The van der Waals surface area contributed by atoms with Crippen LogP contribution in [0.3, 0.4) is 0 Å². The fourth-order valence-electron chi connectivity index (χ4n) is 3.45. The van der Waals surface area contributed by atoms with E-state index in [1.54, 1.807) is 0 Å². The van der Waals surface area contributed by atoms with E-state index in [0.717, 1.165) is 17.3 Å². The summed E-state index contributed by atoms with van der Waals surface area (Å²) in [5, 5.41) is 4.07. The largest absolute Gasteiger partial charge is 0.361 e. The molecule has 5 heteroatoms. The zero-order chi connectivity index (χ0) is 17.9. The molecule has 5 nitrogen and oxygen atoms in total. The summed E-state index contributed by atoms with van der Waals surface area (Å²) in [4.78, 5) is 29.7. The highest BCUT2D eigenvalue weighted by Gasteiger charge is 2.30. The molecule has 2 amide bonds. The molecule has 0 unspecified atom stereocenters. The number of hydrogen-bond acceptors (Lipinski definition) is 2. The number of H-pyrrole nitrogens is 1. The summed E-state index contributed by atoms with van der Waals surface area (Å²) >= 11 is 0. The van der Waals surface area contributed by atoms with Crippen LogP contribution in [0.25, 0.3) is 10.9 Å². The Morgan fingerprint density at radius 1 is 1.15 bits per heavy atom. The average Bonchev–Trinajstić information content (AvgIpc) is 3.26. The number of rotatable bonds is 5. The van der Waals surface area contributed by atoms with Gasteiger partial charge in [0.25, 0.3) is 5.91 Å². The van der Waals surface area contributed by atoms with Gasteiger partial charge >= 0.3 is 0 Å². The first-order chi connectivity index (χ1) is 12.7. The zero-order valence-corrected chi connectivity index (χ0v) is 14.4. The minimum atomic E-state index is -0.135. The standard InChI is InChI=1S/C21H21N3O2/c25-20-13-18(14-24(20)11-9-15-4-2-1-3-5-15)23-21(26)17-7-6-16-8-10-22-19(16)12-17/h1-8,10,12,18,22H,9,11,13-14H2,(H,23,26)/t18-/m1/s1. The fourth-order valence-corrected chi connectivity index (χ4v) is 3.45. The first kappa shape index (κ1) is 16.4. The summed E-state index contributed by atoms with van der Waals surface area (Å²) in [6.45, 7) is 1.26. The van der Waals surface area contributed by atoms with Gasteiger partial charge in [0.1, 0.15) is 0 Å². The molecule has 4 rings (SSSR count). The second kappa shape index (κ2) is 7.04. The van der Waals surface area contributed by atoms with Crippen LogP contribution in [0.15, 0.2) is 60.8 Å². The van der Waals surface area contributed by atoms with Gasteiger partial charge in [0.05, 0.1) is 6.04 Å². The van der Waals surface area contributed by atoms with E-state index >= 15 is 0 Å². The molecule has 2 heterocycles. The van der Waals surface area contributed by atoms with Crippen molar-refractivity contribution in [2.45, 2.75) is 18.9 Å². The molecule has 26 heavy (non-hydrogen) atoms. The van der Waals surface area contributed by atoms with Gasteiger partial charge in [-0.15, -0.1) is 0 Å². The Kier molecular flexibility index (Phi) is 4.44. The van der Waals surface area contributed by atoms with E-state index < -0.39 is 0 Å². The zero-order valence-electron chi connectivity index (χ0n) is 14.4. The van der Waals surface area contributed by atoms with Crippen molar-refractivity contribution in [3.8, 4) is 0 Å². The predicted octanol–water partition coefficient (Wildman–Crippen LogP) is 2.74. The van der Waals surface area contributed by atoms with Crippen molar-refractivity contribution in [2.24, 2.45) is 0 Å². The van der Waals surface area contributed by atoms with Crippen molar-refractivity contribution in [1.29, 1.82) is 0 Å². The number of likely N-dealkylation sites (tertiary alicyclic amines) is 1. The van der Waals surface area contributed by atoms with Crippen LogP contribution in [0.4, 0.5) is 0 Å². The van der Waals surface area contributed by atoms with Crippen LogP contribution in [0, 0.1) is 0 Å². The molecule has 0 spiro atoms. The molecular weight excluding hydrogens is 326 g/mol. The molecule has 2 aromatic carbocycles. The number of carbonyl (C=O) groups is 2. The molecule has 3 aromatic rings. The predicted molar refractivity (Wildman–Crippen MR) is 101 cm³/mol. The van der Waals surface area contributed by atoms with Crippen LogP contribution in [0.1, 0.15) is 22.3 Å². The monoisotopic (exact) mass is 347 g/mol. The molecule has 2 N–H and O–H groups in total. The maximum atomic E-state index is 12.5. The third-order valence-electron chi connectivity index (χ3n) is 4.88. The normalized spacial score (nSPS) is 17.0. The van der Waals surface area contributed by atoms with Crippen LogP contribution in [0.2, 0.25) is 0 Å². The van der Waals surface area contributed by atoms with Crippen molar-refractivity contribution < 1.29 is 9.59 Å². The van der Waals surface area contributed by atoms with E-state index in [-0.39, 0.29) is 17.9 Å². The molecule has 0 radical (unpaired) electrons.